The van der Waals surface area contributed by atoms with E-state index in [1.54, 1.807) is 18.2 Å². The van der Waals surface area contributed by atoms with Gasteiger partial charge in [0.25, 0.3) is 5.91 Å². The third-order valence-electron chi connectivity index (χ3n) is 3.62. The van der Waals surface area contributed by atoms with Crippen LogP contribution >= 0.6 is 11.6 Å². The lowest BCUT2D eigenvalue weighted by Crippen LogP contribution is -2.35. The number of nitrogens with two attached hydrogens (primary N) is 1. The maximum absolute atomic E-state index is 12.2. The summed E-state index contributed by atoms with van der Waals surface area (Å²) in [5, 5.41) is 3.43. The summed E-state index contributed by atoms with van der Waals surface area (Å²) in [4.78, 5) is 12.2. The largest absolute Gasteiger partial charge is 0.399 e. The Morgan fingerprint density at radius 2 is 1.80 bits per heavy atom. The summed E-state index contributed by atoms with van der Waals surface area (Å²) in [6.07, 6.45) is 1.74. The van der Waals surface area contributed by atoms with Crippen LogP contribution in [0.25, 0.3) is 0 Å². The molecular weight excluding hydrogens is 272 g/mol. The molecule has 3 nitrogen and oxygen atoms in total. The van der Waals surface area contributed by atoms with E-state index in [1.165, 1.54) is 11.1 Å². The van der Waals surface area contributed by atoms with E-state index in [4.69, 9.17) is 17.3 Å². The molecule has 0 atom stereocenters. The molecule has 0 aromatic heterocycles. The van der Waals surface area contributed by atoms with E-state index < -0.39 is 0 Å². The highest BCUT2D eigenvalue weighted by Gasteiger charge is 2.23. The van der Waals surface area contributed by atoms with Gasteiger partial charge in [-0.1, -0.05) is 35.9 Å². The summed E-state index contributed by atoms with van der Waals surface area (Å²) < 4.78 is 0. The predicted molar refractivity (Wildman–Crippen MR) is 81.0 cm³/mol. The van der Waals surface area contributed by atoms with E-state index in [2.05, 4.69) is 17.4 Å². The molecule has 4 heteroatoms. The Balaban J connectivity index is 1.72. The van der Waals surface area contributed by atoms with Crippen molar-refractivity contribution < 1.29 is 4.79 Å². The first-order chi connectivity index (χ1) is 9.63. The Morgan fingerprint density at radius 1 is 1.15 bits per heavy atom. The zero-order valence-corrected chi connectivity index (χ0v) is 11.7. The number of carbonyl (C=O) groups excluding carboxylic acids is 1. The molecule has 2 aromatic carbocycles. The number of anilines is 1. The molecule has 0 saturated heterocycles. The summed E-state index contributed by atoms with van der Waals surface area (Å²) in [5.74, 6) is -0.146. The summed E-state index contributed by atoms with van der Waals surface area (Å²) in [7, 11) is 0. The fraction of sp³-hybridized carbons (Fsp3) is 0.188. The second-order valence-electron chi connectivity index (χ2n) is 5.09. The van der Waals surface area contributed by atoms with Gasteiger partial charge in [0.15, 0.2) is 0 Å². The molecule has 1 aliphatic carbocycles. The summed E-state index contributed by atoms with van der Waals surface area (Å²) >= 11 is 6.06. The number of hydrogen-bond donors (Lipinski definition) is 2. The van der Waals surface area contributed by atoms with Crippen molar-refractivity contribution in [2.45, 2.75) is 18.9 Å². The molecule has 102 valence electrons. The summed E-state index contributed by atoms with van der Waals surface area (Å²) in [6, 6.07) is 13.3. The van der Waals surface area contributed by atoms with Crippen molar-refractivity contribution in [1.29, 1.82) is 0 Å². The Morgan fingerprint density at radius 3 is 2.40 bits per heavy atom. The van der Waals surface area contributed by atoms with Crippen molar-refractivity contribution in [3.8, 4) is 0 Å². The van der Waals surface area contributed by atoms with Gasteiger partial charge in [0.2, 0.25) is 0 Å². The molecule has 0 heterocycles. The zero-order chi connectivity index (χ0) is 14.1. The van der Waals surface area contributed by atoms with Crippen LogP contribution in [0.15, 0.2) is 42.5 Å². The maximum atomic E-state index is 12.2. The number of halogens is 1. The van der Waals surface area contributed by atoms with Crippen LogP contribution in [0.4, 0.5) is 5.69 Å². The smallest absolute Gasteiger partial charge is 0.253 e. The number of carbonyl (C=O) groups is 1. The van der Waals surface area contributed by atoms with Gasteiger partial charge in [-0.25, -0.2) is 0 Å². The average molecular weight is 287 g/mol. The van der Waals surface area contributed by atoms with Gasteiger partial charge in [-0.15, -0.1) is 0 Å². The topological polar surface area (TPSA) is 55.1 Å². The number of fused-ring (bicyclic) bond motifs is 1. The molecule has 0 fully saturated rings. The third-order valence-corrected chi connectivity index (χ3v) is 3.94. The second-order valence-corrected chi connectivity index (χ2v) is 5.49. The van der Waals surface area contributed by atoms with E-state index in [0.29, 0.717) is 16.3 Å². The first kappa shape index (κ1) is 13.0. The molecule has 3 N–H and O–H groups in total. The molecular formula is C16H15ClN2O. The van der Waals surface area contributed by atoms with Crippen LogP contribution in [-0.2, 0) is 12.8 Å². The fourth-order valence-electron chi connectivity index (χ4n) is 2.64. The van der Waals surface area contributed by atoms with E-state index in [-0.39, 0.29) is 11.9 Å². The first-order valence-corrected chi connectivity index (χ1v) is 6.94. The monoisotopic (exact) mass is 286 g/mol. The van der Waals surface area contributed by atoms with Crippen LogP contribution in [0.2, 0.25) is 5.02 Å². The molecule has 0 unspecified atom stereocenters. The average Bonchev–Trinajstić information content (AvgIpc) is 2.80. The lowest BCUT2D eigenvalue weighted by atomic mass is 10.1. The zero-order valence-electron chi connectivity index (χ0n) is 10.9. The molecule has 0 radical (unpaired) electrons. The van der Waals surface area contributed by atoms with E-state index in [0.717, 1.165) is 12.8 Å². The number of rotatable bonds is 2. The summed E-state index contributed by atoms with van der Waals surface area (Å²) in [6.45, 7) is 0. The van der Waals surface area contributed by atoms with Crippen molar-refractivity contribution in [2.75, 3.05) is 5.73 Å². The number of hydrogen-bond acceptors (Lipinski definition) is 2. The Kier molecular flexibility index (Phi) is 3.36. The number of amides is 1. The van der Waals surface area contributed by atoms with Crippen LogP contribution in [-0.4, -0.2) is 11.9 Å². The minimum atomic E-state index is -0.146. The van der Waals surface area contributed by atoms with Crippen molar-refractivity contribution in [3.05, 3.63) is 64.2 Å². The van der Waals surface area contributed by atoms with Crippen LogP contribution < -0.4 is 11.1 Å². The van der Waals surface area contributed by atoms with Crippen molar-refractivity contribution in [1.82, 2.24) is 5.32 Å². The van der Waals surface area contributed by atoms with Crippen molar-refractivity contribution in [2.24, 2.45) is 0 Å². The van der Waals surface area contributed by atoms with Crippen LogP contribution in [0.3, 0.4) is 0 Å². The van der Waals surface area contributed by atoms with Crippen LogP contribution in [0.1, 0.15) is 21.5 Å². The predicted octanol–water partition coefficient (Wildman–Crippen LogP) is 2.82. The SMILES string of the molecule is Nc1ccc(C(=O)NC2Cc3ccccc3C2)c(Cl)c1. The lowest BCUT2D eigenvalue weighted by Gasteiger charge is -2.13. The second kappa shape index (κ2) is 5.17. The van der Waals surface area contributed by atoms with E-state index in [9.17, 15) is 4.79 Å². The van der Waals surface area contributed by atoms with Crippen LogP contribution in [0, 0.1) is 0 Å². The molecule has 0 bridgehead atoms. The highest BCUT2D eigenvalue weighted by Crippen LogP contribution is 2.23. The summed E-state index contributed by atoms with van der Waals surface area (Å²) in [5.41, 5.74) is 9.27. The van der Waals surface area contributed by atoms with Gasteiger partial charge in [0.05, 0.1) is 10.6 Å². The number of nitrogen functional groups attached to an aromatic ring is 1. The number of nitrogens with one attached hydrogen (secondary N) is 1. The fourth-order valence-corrected chi connectivity index (χ4v) is 2.91. The van der Waals surface area contributed by atoms with Gasteiger partial charge in [-0.05, 0) is 42.2 Å². The highest BCUT2D eigenvalue weighted by molar-refractivity contribution is 6.34. The molecule has 0 spiro atoms. The van der Waals surface area contributed by atoms with Gasteiger partial charge < -0.3 is 11.1 Å². The van der Waals surface area contributed by atoms with E-state index >= 15 is 0 Å². The van der Waals surface area contributed by atoms with E-state index in [1.807, 2.05) is 12.1 Å². The standard InChI is InChI=1S/C16H15ClN2O/c17-15-9-12(18)5-6-14(15)16(20)19-13-7-10-3-1-2-4-11(10)8-13/h1-6,9,13H,7-8,18H2,(H,19,20). The van der Waals surface area contributed by atoms with Gasteiger partial charge in [0, 0.05) is 11.7 Å². The Bertz CT molecular complexity index is 644. The lowest BCUT2D eigenvalue weighted by molar-refractivity contribution is 0.0939. The Labute approximate surface area is 122 Å². The van der Waals surface area contributed by atoms with Gasteiger partial charge in [-0.3, -0.25) is 4.79 Å². The maximum Gasteiger partial charge on any atom is 0.253 e. The molecule has 3 rings (SSSR count). The Hall–Kier alpha value is -2.00. The normalized spacial score (nSPS) is 14.1. The van der Waals surface area contributed by atoms with Gasteiger partial charge in [0.1, 0.15) is 0 Å². The first-order valence-electron chi connectivity index (χ1n) is 6.56. The molecule has 2 aromatic rings. The molecule has 1 aliphatic rings. The number of benzene rings is 2. The van der Waals surface area contributed by atoms with Crippen LogP contribution in [0.5, 0.6) is 0 Å². The van der Waals surface area contributed by atoms with Crippen molar-refractivity contribution >= 4 is 23.2 Å². The minimum Gasteiger partial charge on any atom is -0.399 e. The molecule has 1 amide bonds. The molecule has 0 saturated carbocycles. The van der Waals surface area contributed by atoms with Crippen molar-refractivity contribution in [3.63, 3.8) is 0 Å². The minimum absolute atomic E-state index is 0.133. The molecule has 0 aliphatic heterocycles. The third kappa shape index (κ3) is 2.49. The quantitative estimate of drug-likeness (QED) is 0.834. The van der Waals surface area contributed by atoms with Gasteiger partial charge in [-0.2, -0.15) is 0 Å². The molecule has 20 heavy (non-hydrogen) atoms. The highest BCUT2D eigenvalue weighted by atomic mass is 35.5. The van der Waals surface area contributed by atoms with Gasteiger partial charge >= 0.3 is 0 Å².